The Labute approximate surface area is 230 Å². The maximum atomic E-state index is 14.0. The molecule has 0 aromatic heterocycles. The first-order chi connectivity index (χ1) is 17.9. The van der Waals surface area contributed by atoms with E-state index < -0.39 is 23.8 Å². The Morgan fingerprint density at radius 1 is 1.05 bits per heavy atom. The Balaban J connectivity index is 2.51. The zero-order chi connectivity index (χ0) is 28.5. The number of alkyl carbamates (subject to hydrolysis) is 1. The number of thioether (sulfide) groups is 1. The summed E-state index contributed by atoms with van der Waals surface area (Å²) < 4.78 is 5.41. The van der Waals surface area contributed by atoms with Crippen LogP contribution in [0.3, 0.4) is 0 Å². The van der Waals surface area contributed by atoms with Crippen LogP contribution in [0.5, 0.6) is 5.75 Å². The molecule has 208 valence electrons. The molecule has 2 aromatic carbocycles. The number of rotatable bonds is 11. The Bertz CT molecular complexity index is 1080. The minimum atomic E-state index is -0.987. The van der Waals surface area contributed by atoms with Gasteiger partial charge < -0.3 is 25.4 Å². The number of phenols is 1. The minimum Gasteiger partial charge on any atom is -0.508 e. The highest BCUT2D eigenvalue weighted by Gasteiger charge is 2.36. The molecule has 2 unspecified atom stereocenters. The van der Waals surface area contributed by atoms with Gasteiger partial charge in [0.1, 0.15) is 23.4 Å². The second-order valence-corrected chi connectivity index (χ2v) is 11.2. The van der Waals surface area contributed by atoms with E-state index in [0.717, 1.165) is 11.1 Å². The number of carbonyl (C=O) groups is 3. The molecule has 0 aliphatic heterocycles. The SMILES string of the molecule is CCCN(C(=O)C(CCSC)NC(=O)OC(C)(C)C)C(C(=O)Nc1c(C)cccc1C)c1ccc(O)cc1. The number of carbonyl (C=O) groups excluding carboxylic acids is 3. The highest BCUT2D eigenvalue weighted by Crippen LogP contribution is 2.28. The number of anilines is 1. The van der Waals surface area contributed by atoms with Crippen LogP contribution in [0.15, 0.2) is 42.5 Å². The molecule has 0 bridgehead atoms. The first kappa shape index (κ1) is 31.0. The highest BCUT2D eigenvalue weighted by atomic mass is 32.2. The first-order valence-electron chi connectivity index (χ1n) is 12.8. The van der Waals surface area contributed by atoms with Crippen molar-refractivity contribution in [1.82, 2.24) is 10.2 Å². The molecular formula is C29H41N3O5S. The van der Waals surface area contributed by atoms with Crippen LogP contribution in [0.25, 0.3) is 0 Å². The predicted octanol–water partition coefficient (Wildman–Crippen LogP) is 5.57. The quantitative estimate of drug-likeness (QED) is 0.342. The number of ether oxygens (including phenoxy) is 1. The summed E-state index contributed by atoms with van der Waals surface area (Å²) >= 11 is 1.56. The lowest BCUT2D eigenvalue weighted by Gasteiger charge is -2.34. The number of aromatic hydroxyl groups is 1. The second kappa shape index (κ2) is 14.1. The zero-order valence-corrected chi connectivity index (χ0v) is 24.3. The molecule has 3 amide bonds. The predicted molar refractivity (Wildman–Crippen MR) is 154 cm³/mol. The Morgan fingerprint density at radius 2 is 1.66 bits per heavy atom. The fourth-order valence-electron chi connectivity index (χ4n) is 4.08. The van der Waals surface area contributed by atoms with Crippen molar-refractivity contribution in [2.75, 3.05) is 23.9 Å². The summed E-state index contributed by atoms with van der Waals surface area (Å²) in [6.07, 6.45) is 2.21. The van der Waals surface area contributed by atoms with E-state index in [1.165, 1.54) is 17.0 Å². The van der Waals surface area contributed by atoms with Crippen molar-refractivity contribution in [2.24, 2.45) is 0 Å². The summed E-state index contributed by atoms with van der Waals surface area (Å²) in [6, 6.07) is 10.1. The Morgan fingerprint density at radius 3 is 2.18 bits per heavy atom. The number of hydrogen-bond acceptors (Lipinski definition) is 6. The van der Waals surface area contributed by atoms with Gasteiger partial charge in [-0.05, 0) is 88.3 Å². The molecule has 3 N–H and O–H groups in total. The molecule has 9 heteroatoms. The third-order valence-electron chi connectivity index (χ3n) is 5.85. The van der Waals surface area contributed by atoms with E-state index in [0.29, 0.717) is 29.8 Å². The fraction of sp³-hybridized carbons (Fsp3) is 0.483. The van der Waals surface area contributed by atoms with Gasteiger partial charge in [-0.2, -0.15) is 11.8 Å². The van der Waals surface area contributed by atoms with Gasteiger partial charge in [0, 0.05) is 12.2 Å². The molecule has 2 atom stereocenters. The van der Waals surface area contributed by atoms with E-state index in [-0.39, 0.29) is 24.1 Å². The maximum absolute atomic E-state index is 14.0. The largest absolute Gasteiger partial charge is 0.508 e. The second-order valence-electron chi connectivity index (χ2n) is 10.3. The summed E-state index contributed by atoms with van der Waals surface area (Å²) in [4.78, 5) is 42.1. The monoisotopic (exact) mass is 543 g/mol. The average molecular weight is 544 g/mol. The number of benzene rings is 2. The summed E-state index contributed by atoms with van der Waals surface area (Å²) in [5.41, 5.74) is 2.33. The van der Waals surface area contributed by atoms with Crippen molar-refractivity contribution in [3.05, 3.63) is 59.2 Å². The lowest BCUT2D eigenvalue weighted by atomic mass is 10.0. The van der Waals surface area contributed by atoms with Gasteiger partial charge in [-0.25, -0.2) is 4.79 Å². The molecule has 0 spiro atoms. The third-order valence-corrected chi connectivity index (χ3v) is 6.49. The van der Waals surface area contributed by atoms with Crippen molar-refractivity contribution in [2.45, 2.75) is 72.1 Å². The van der Waals surface area contributed by atoms with E-state index in [4.69, 9.17) is 4.74 Å². The van der Waals surface area contributed by atoms with E-state index in [1.807, 2.05) is 45.2 Å². The van der Waals surface area contributed by atoms with Crippen LogP contribution in [0.4, 0.5) is 10.5 Å². The van der Waals surface area contributed by atoms with Crippen molar-refractivity contribution in [3.8, 4) is 5.75 Å². The summed E-state index contributed by atoms with van der Waals surface area (Å²) in [7, 11) is 0. The first-order valence-corrected chi connectivity index (χ1v) is 14.2. The van der Waals surface area contributed by atoms with Gasteiger partial charge in [-0.15, -0.1) is 0 Å². The molecule has 0 aliphatic carbocycles. The minimum absolute atomic E-state index is 0.0560. The van der Waals surface area contributed by atoms with E-state index >= 15 is 0 Å². The van der Waals surface area contributed by atoms with Gasteiger partial charge in [-0.3, -0.25) is 9.59 Å². The molecule has 38 heavy (non-hydrogen) atoms. The van der Waals surface area contributed by atoms with Gasteiger partial charge in [0.05, 0.1) is 0 Å². The molecule has 2 aromatic rings. The van der Waals surface area contributed by atoms with Gasteiger partial charge >= 0.3 is 6.09 Å². The molecule has 2 rings (SSSR count). The molecule has 8 nitrogen and oxygen atoms in total. The fourth-order valence-corrected chi connectivity index (χ4v) is 4.55. The van der Waals surface area contributed by atoms with Crippen LogP contribution in [0, 0.1) is 13.8 Å². The molecule has 0 aliphatic rings. The topological polar surface area (TPSA) is 108 Å². The molecule has 0 fully saturated rings. The zero-order valence-electron chi connectivity index (χ0n) is 23.5. The molecular weight excluding hydrogens is 502 g/mol. The molecule has 0 saturated heterocycles. The third kappa shape index (κ3) is 8.97. The van der Waals surface area contributed by atoms with Gasteiger partial charge in [0.15, 0.2) is 0 Å². The Kier molecular flexibility index (Phi) is 11.5. The lowest BCUT2D eigenvalue weighted by Crippen LogP contribution is -2.52. The number of nitrogens with zero attached hydrogens (tertiary/aromatic N) is 1. The summed E-state index contributed by atoms with van der Waals surface area (Å²) in [5.74, 6) is -0.0669. The summed E-state index contributed by atoms with van der Waals surface area (Å²) in [6.45, 7) is 11.3. The van der Waals surface area contributed by atoms with E-state index in [9.17, 15) is 19.5 Å². The van der Waals surface area contributed by atoms with Crippen LogP contribution in [-0.4, -0.2) is 58.1 Å². The van der Waals surface area contributed by atoms with Gasteiger partial charge in [-0.1, -0.05) is 37.3 Å². The van der Waals surface area contributed by atoms with Gasteiger partial charge in [0.2, 0.25) is 5.91 Å². The van der Waals surface area contributed by atoms with E-state index in [1.54, 1.807) is 44.7 Å². The van der Waals surface area contributed by atoms with Crippen molar-refractivity contribution >= 4 is 35.4 Å². The number of phenolic OH excluding ortho intramolecular Hbond substituents is 1. The van der Waals surface area contributed by atoms with Crippen LogP contribution in [-0.2, 0) is 14.3 Å². The average Bonchev–Trinajstić information content (AvgIpc) is 2.83. The number of para-hydroxylation sites is 1. The van der Waals surface area contributed by atoms with E-state index in [2.05, 4.69) is 10.6 Å². The van der Waals surface area contributed by atoms with Crippen LogP contribution in [0.2, 0.25) is 0 Å². The highest BCUT2D eigenvalue weighted by molar-refractivity contribution is 7.98. The van der Waals surface area contributed by atoms with Crippen LogP contribution in [0.1, 0.15) is 63.3 Å². The summed E-state index contributed by atoms with van der Waals surface area (Å²) in [5, 5.41) is 15.6. The van der Waals surface area contributed by atoms with Crippen molar-refractivity contribution in [3.63, 3.8) is 0 Å². The van der Waals surface area contributed by atoms with Crippen LogP contribution < -0.4 is 10.6 Å². The Hall–Kier alpha value is -3.20. The molecule has 0 heterocycles. The number of aryl methyl sites for hydroxylation is 2. The van der Waals surface area contributed by atoms with Gasteiger partial charge in [0.25, 0.3) is 5.91 Å². The number of amides is 3. The maximum Gasteiger partial charge on any atom is 0.408 e. The number of nitrogens with one attached hydrogen (secondary N) is 2. The number of hydrogen-bond donors (Lipinski definition) is 3. The van der Waals surface area contributed by atoms with Crippen molar-refractivity contribution in [1.29, 1.82) is 0 Å². The normalized spacial score (nSPS) is 12.8. The van der Waals surface area contributed by atoms with Crippen molar-refractivity contribution < 1.29 is 24.2 Å². The molecule has 0 radical (unpaired) electrons. The van der Waals surface area contributed by atoms with Crippen LogP contribution >= 0.6 is 11.8 Å². The molecule has 0 saturated carbocycles. The lowest BCUT2D eigenvalue weighted by molar-refractivity contribution is -0.140. The smallest absolute Gasteiger partial charge is 0.408 e. The standard InChI is InChI=1S/C29H41N3O5S/c1-8-17-32(27(35)23(16-18-38-7)30-28(36)37-29(4,5)6)25(21-12-14-22(33)15-13-21)26(34)31-24-19(2)10-9-11-20(24)3/h9-15,23,25,33H,8,16-18H2,1-7H3,(H,30,36)(H,31,34).